The monoisotopic (exact) mass is 461 g/mol. The number of nitrogens with two attached hydrogens (primary N) is 2. The first-order valence-electron chi connectivity index (χ1n) is 13.1. The lowest BCUT2D eigenvalue weighted by atomic mass is 9.77. The predicted octanol–water partition coefficient (Wildman–Crippen LogP) is 2.15. The number of fused-ring (bicyclic) bond motifs is 1. The van der Waals surface area contributed by atoms with Gasteiger partial charge in [0, 0.05) is 37.6 Å². The Kier molecular flexibility index (Phi) is 7.95. The molecule has 6 N–H and O–H groups in total. The van der Waals surface area contributed by atoms with Crippen molar-refractivity contribution in [1.82, 2.24) is 10.2 Å². The second kappa shape index (κ2) is 10.7. The topological polar surface area (TPSA) is 135 Å². The summed E-state index contributed by atoms with van der Waals surface area (Å²) < 4.78 is 5.56. The summed E-state index contributed by atoms with van der Waals surface area (Å²) in [6.07, 6.45) is 11.8. The van der Waals surface area contributed by atoms with Crippen molar-refractivity contribution in [3.05, 3.63) is 0 Å². The van der Waals surface area contributed by atoms with Crippen molar-refractivity contribution >= 4 is 17.6 Å². The van der Waals surface area contributed by atoms with Gasteiger partial charge in [-0.05, 0) is 88.9 Å². The van der Waals surface area contributed by atoms with E-state index in [1.807, 2.05) is 0 Å². The Hall–Kier alpha value is -1.67. The van der Waals surface area contributed by atoms with E-state index in [0.29, 0.717) is 17.9 Å². The zero-order chi connectivity index (χ0) is 23.5. The number of methoxy groups -OCH3 is 1. The number of rotatable bonds is 7. The first-order chi connectivity index (χ1) is 15.9. The smallest absolute Gasteiger partial charge is 0.237 e. The number of carbonyl (C=O) groups is 2. The first kappa shape index (κ1) is 24.5. The summed E-state index contributed by atoms with van der Waals surface area (Å²) in [5.41, 5.74) is 11.4. The third-order valence-corrected chi connectivity index (χ3v) is 9.07. The molecule has 1 saturated heterocycles. The average Bonchev–Trinajstić information content (AvgIpc) is 3.17. The fourth-order valence-corrected chi connectivity index (χ4v) is 7.06. The summed E-state index contributed by atoms with van der Waals surface area (Å²) in [4.78, 5) is 27.6. The van der Waals surface area contributed by atoms with Gasteiger partial charge in [-0.1, -0.05) is 0 Å². The molecule has 0 aromatic rings. The van der Waals surface area contributed by atoms with Gasteiger partial charge in [0.25, 0.3) is 0 Å². The van der Waals surface area contributed by atoms with Crippen LogP contribution in [0.1, 0.15) is 77.0 Å². The molecule has 8 nitrogen and oxygen atoms in total. The number of nitrogens with one attached hydrogen (secondary N) is 2. The van der Waals surface area contributed by atoms with Crippen LogP contribution in [0.4, 0.5) is 0 Å². The number of primary amides is 1. The minimum absolute atomic E-state index is 0.00322. The largest absolute Gasteiger partial charge is 0.387 e. The molecule has 186 valence electrons. The van der Waals surface area contributed by atoms with Gasteiger partial charge in [-0.15, -0.1) is 0 Å². The van der Waals surface area contributed by atoms with Crippen molar-refractivity contribution in [3.63, 3.8) is 0 Å². The maximum absolute atomic E-state index is 13.5. The summed E-state index contributed by atoms with van der Waals surface area (Å²) in [7, 11) is 1.76. The van der Waals surface area contributed by atoms with Crippen molar-refractivity contribution in [1.29, 1.82) is 5.41 Å². The van der Waals surface area contributed by atoms with Crippen LogP contribution in [-0.4, -0.2) is 60.4 Å². The van der Waals surface area contributed by atoms with Gasteiger partial charge in [0.1, 0.15) is 0 Å². The van der Waals surface area contributed by atoms with Crippen molar-refractivity contribution in [2.24, 2.45) is 35.1 Å². The molecule has 33 heavy (non-hydrogen) atoms. The molecule has 0 aromatic carbocycles. The second-order valence-electron chi connectivity index (χ2n) is 11.1. The summed E-state index contributed by atoms with van der Waals surface area (Å²) in [6, 6.07) is 0.398. The Labute approximate surface area is 198 Å². The lowest BCUT2D eigenvalue weighted by Gasteiger charge is -2.40. The highest BCUT2D eigenvalue weighted by Gasteiger charge is 2.48. The van der Waals surface area contributed by atoms with E-state index in [9.17, 15) is 9.59 Å². The number of likely N-dealkylation sites (tertiary alicyclic amines) is 1. The minimum Gasteiger partial charge on any atom is -0.387 e. The van der Waals surface area contributed by atoms with Gasteiger partial charge < -0.3 is 21.5 Å². The molecule has 6 atom stereocenters. The summed E-state index contributed by atoms with van der Waals surface area (Å²) in [5.74, 6) is 1.39. The molecule has 0 spiro atoms. The van der Waals surface area contributed by atoms with E-state index >= 15 is 0 Å². The maximum Gasteiger partial charge on any atom is 0.237 e. The van der Waals surface area contributed by atoms with Gasteiger partial charge in [-0.3, -0.25) is 19.9 Å². The van der Waals surface area contributed by atoms with Crippen LogP contribution in [0, 0.1) is 29.1 Å². The molecular formula is C25H43N5O3. The molecule has 3 saturated carbocycles. The molecule has 0 bridgehead atoms. The van der Waals surface area contributed by atoms with E-state index in [2.05, 4.69) is 10.2 Å². The lowest BCUT2D eigenvalue weighted by Crippen LogP contribution is -2.52. The van der Waals surface area contributed by atoms with E-state index in [1.54, 1.807) is 7.11 Å². The number of amidine groups is 1. The summed E-state index contributed by atoms with van der Waals surface area (Å²) in [6.45, 7) is 0.890. The molecule has 4 aliphatic rings. The van der Waals surface area contributed by atoms with E-state index in [0.717, 1.165) is 83.6 Å². The fourth-order valence-electron chi connectivity index (χ4n) is 7.06. The first-order valence-corrected chi connectivity index (χ1v) is 13.1. The Bertz CT molecular complexity index is 723. The lowest BCUT2D eigenvalue weighted by molar-refractivity contribution is -0.127. The average molecular weight is 462 g/mol. The summed E-state index contributed by atoms with van der Waals surface area (Å²) >= 11 is 0. The standard InChI is InChI=1S/C25H43N5O3/c1-33-20-4-2-3-19(13-20)29-25(32)22-11-17-9-10-18(23(26)27)12-21(17)30(22)14-15-5-7-16(8-6-15)24(28)31/h15-22H,2-14H2,1H3,(H3,26,27)(H2,28,31)(H,29,32). The molecule has 4 rings (SSSR count). The Morgan fingerprint density at radius 2 is 1.70 bits per heavy atom. The van der Waals surface area contributed by atoms with Crippen LogP contribution in [-0.2, 0) is 14.3 Å². The van der Waals surface area contributed by atoms with Crippen LogP contribution in [0.25, 0.3) is 0 Å². The SMILES string of the molecule is COC1CCCC(NC(=O)C2CC3CCC(C(=N)N)CC3N2CC2CCC(C(N)=O)CC2)C1. The third kappa shape index (κ3) is 5.70. The Balaban J connectivity index is 1.44. The zero-order valence-corrected chi connectivity index (χ0v) is 20.1. The third-order valence-electron chi connectivity index (χ3n) is 9.07. The molecule has 1 heterocycles. The van der Waals surface area contributed by atoms with E-state index in [4.69, 9.17) is 21.6 Å². The van der Waals surface area contributed by atoms with Gasteiger partial charge in [0.2, 0.25) is 11.8 Å². The molecular weight excluding hydrogens is 418 g/mol. The second-order valence-corrected chi connectivity index (χ2v) is 11.1. The number of hydrogen-bond donors (Lipinski definition) is 4. The van der Waals surface area contributed by atoms with Crippen LogP contribution in [0.2, 0.25) is 0 Å². The van der Waals surface area contributed by atoms with Crippen molar-refractivity contribution in [3.8, 4) is 0 Å². The van der Waals surface area contributed by atoms with Gasteiger partial charge in [-0.25, -0.2) is 0 Å². The highest BCUT2D eigenvalue weighted by molar-refractivity contribution is 5.83. The van der Waals surface area contributed by atoms with Crippen LogP contribution in [0.15, 0.2) is 0 Å². The van der Waals surface area contributed by atoms with Crippen LogP contribution in [0.5, 0.6) is 0 Å². The van der Waals surface area contributed by atoms with E-state index in [-0.39, 0.29) is 47.7 Å². The minimum atomic E-state index is -0.176. The molecule has 6 unspecified atom stereocenters. The van der Waals surface area contributed by atoms with E-state index < -0.39 is 0 Å². The fraction of sp³-hybridized carbons (Fsp3) is 0.880. The van der Waals surface area contributed by atoms with Gasteiger partial charge >= 0.3 is 0 Å². The van der Waals surface area contributed by atoms with Crippen LogP contribution in [0.3, 0.4) is 0 Å². The number of carbonyl (C=O) groups excluding carboxylic acids is 2. The summed E-state index contributed by atoms with van der Waals surface area (Å²) in [5, 5.41) is 11.4. The van der Waals surface area contributed by atoms with Crippen molar-refractivity contribution in [2.75, 3.05) is 13.7 Å². The van der Waals surface area contributed by atoms with Crippen molar-refractivity contribution < 1.29 is 14.3 Å². The number of ether oxygens (including phenoxy) is 1. The number of nitrogens with zero attached hydrogens (tertiary/aromatic N) is 1. The quantitative estimate of drug-likeness (QED) is 0.340. The zero-order valence-electron chi connectivity index (χ0n) is 20.1. The molecule has 0 aromatic heterocycles. The molecule has 2 amide bonds. The van der Waals surface area contributed by atoms with E-state index in [1.165, 1.54) is 0 Å². The van der Waals surface area contributed by atoms with Gasteiger partial charge in [-0.2, -0.15) is 0 Å². The van der Waals surface area contributed by atoms with Crippen molar-refractivity contribution in [2.45, 2.75) is 101 Å². The normalized spacial score (nSPS) is 39.5. The predicted molar refractivity (Wildman–Crippen MR) is 127 cm³/mol. The Morgan fingerprint density at radius 1 is 0.970 bits per heavy atom. The van der Waals surface area contributed by atoms with Gasteiger partial charge in [0.15, 0.2) is 0 Å². The molecule has 1 aliphatic heterocycles. The Morgan fingerprint density at radius 3 is 2.36 bits per heavy atom. The molecule has 8 heteroatoms. The molecule has 4 fully saturated rings. The van der Waals surface area contributed by atoms with Crippen LogP contribution >= 0.6 is 0 Å². The highest BCUT2D eigenvalue weighted by Crippen LogP contribution is 2.43. The maximum atomic E-state index is 13.5. The molecule has 0 radical (unpaired) electrons. The number of hydrogen-bond acceptors (Lipinski definition) is 5. The van der Waals surface area contributed by atoms with Gasteiger partial charge in [0.05, 0.1) is 18.0 Å². The number of amides is 2. The molecule has 3 aliphatic carbocycles. The van der Waals surface area contributed by atoms with Crippen LogP contribution < -0.4 is 16.8 Å². The highest BCUT2D eigenvalue weighted by atomic mass is 16.5.